The summed E-state index contributed by atoms with van der Waals surface area (Å²) in [5, 5.41) is 0. The Hall–Kier alpha value is -2.95. The number of rotatable bonds is 3. The minimum absolute atomic E-state index is 0.0423. The summed E-state index contributed by atoms with van der Waals surface area (Å²) in [4.78, 5) is 0. The largest absolute Gasteiger partial charge is 0.497 e. The molecule has 0 radical (unpaired) electrons. The van der Waals surface area contributed by atoms with E-state index >= 15 is 0 Å². The van der Waals surface area contributed by atoms with Crippen molar-refractivity contribution in [2.75, 3.05) is 13.7 Å². The van der Waals surface area contributed by atoms with E-state index < -0.39 is 5.79 Å². The fraction of sp³-hybridized carbons (Fsp3) is 0.296. The molecular weight excluding hydrogens is 386 g/mol. The molecule has 3 aromatic rings. The minimum atomic E-state index is -0.636. The predicted octanol–water partition coefficient (Wildman–Crippen LogP) is 5.20. The average Bonchev–Trinajstić information content (AvgIpc) is 2.95. The summed E-state index contributed by atoms with van der Waals surface area (Å²) < 4.78 is 20.4. The van der Waals surface area contributed by atoms with E-state index in [1.165, 1.54) is 22.3 Å². The van der Waals surface area contributed by atoms with E-state index in [9.17, 15) is 0 Å². The van der Waals surface area contributed by atoms with Crippen LogP contribution < -0.4 is 4.74 Å². The first-order chi connectivity index (χ1) is 15.0. The second-order valence-corrected chi connectivity index (χ2v) is 8.64. The molecule has 3 aromatic carbocycles. The van der Waals surface area contributed by atoms with E-state index in [1.807, 2.05) is 26.0 Å². The van der Waals surface area contributed by atoms with Crippen LogP contribution >= 0.6 is 0 Å². The molecule has 5 rings (SSSR count). The molecule has 2 aliphatic heterocycles. The van der Waals surface area contributed by atoms with Gasteiger partial charge in [-0.1, -0.05) is 54.6 Å². The summed E-state index contributed by atoms with van der Waals surface area (Å²) in [5.74, 6) is 0.207. The molecule has 4 heteroatoms. The lowest BCUT2D eigenvalue weighted by Crippen LogP contribution is -2.49. The van der Waals surface area contributed by atoms with Gasteiger partial charge in [-0.3, -0.25) is 0 Å². The SMILES string of the molecule is COc1ccc([C@H]2OC(C)(C)OC[C@H]2[N+]2=Cc3ccccc3-c3ccccc3C2)cc1. The van der Waals surface area contributed by atoms with Crippen LogP contribution in [0.25, 0.3) is 11.1 Å². The molecule has 2 atom stereocenters. The van der Waals surface area contributed by atoms with Gasteiger partial charge in [0.25, 0.3) is 0 Å². The van der Waals surface area contributed by atoms with Gasteiger partial charge < -0.3 is 14.2 Å². The number of benzene rings is 3. The third kappa shape index (κ3) is 3.89. The van der Waals surface area contributed by atoms with Crippen LogP contribution in [0, 0.1) is 0 Å². The lowest BCUT2D eigenvalue weighted by atomic mass is 9.97. The van der Waals surface area contributed by atoms with Crippen molar-refractivity contribution in [3.8, 4) is 16.9 Å². The maximum Gasteiger partial charge on any atom is 0.206 e. The van der Waals surface area contributed by atoms with Crippen molar-refractivity contribution in [2.24, 2.45) is 0 Å². The molecule has 4 nitrogen and oxygen atoms in total. The Morgan fingerprint density at radius 1 is 0.903 bits per heavy atom. The summed E-state index contributed by atoms with van der Waals surface area (Å²) >= 11 is 0. The highest BCUT2D eigenvalue weighted by molar-refractivity contribution is 5.89. The van der Waals surface area contributed by atoms with Crippen LogP contribution in [0.2, 0.25) is 0 Å². The zero-order chi connectivity index (χ0) is 21.4. The molecule has 0 aromatic heterocycles. The number of ether oxygens (including phenoxy) is 3. The first-order valence-corrected chi connectivity index (χ1v) is 10.8. The van der Waals surface area contributed by atoms with Gasteiger partial charge in [0.05, 0.1) is 7.11 Å². The Balaban J connectivity index is 1.59. The summed E-state index contributed by atoms with van der Waals surface area (Å²) in [7, 11) is 1.69. The predicted molar refractivity (Wildman–Crippen MR) is 122 cm³/mol. The number of fused-ring (bicyclic) bond motifs is 3. The maximum absolute atomic E-state index is 6.49. The standard InChI is InChI=1S/C27H28NO3/c1-27(2)30-18-25(26(31-27)19-12-14-22(29-3)15-13-19)28-16-20-8-4-6-10-23(20)24-11-7-5-9-21(24)17-28/h4-16,25-26H,17-18H2,1-3H3/q+1/t25-,26-/m1/s1. The average molecular weight is 415 g/mol. The zero-order valence-corrected chi connectivity index (χ0v) is 18.2. The summed E-state index contributed by atoms with van der Waals surface area (Å²) in [6.07, 6.45) is 2.14. The molecule has 0 spiro atoms. The summed E-state index contributed by atoms with van der Waals surface area (Å²) in [5.41, 5.74) is 6.20. The van der Waals surface area contributed by atoms with Gasteiger partial charge in [-0.15, -0.1) is 0 Å². The summed E-state index contributed by atoms with van der Waals surface area (Å²) in [6, 6.07) is 25.5. The molecule has 0 unspecified atom stereocenters. The van der Waals surface area contributed by atoms with Crippen LogP contribution in [0.5, 0.6) is 5.75 Å². The molecule has 1 saturated heterocycles. The Labute approximate surface area is 183 Å². The van der Waals surface area contributed by atoms with Crippen molar-refractivity contribution < 1.29 is 18.8 Å². The zero-order valence-electron chi connectivity index (χ0n) is 18.2. The van der Waals surface area contributed by atoms with E-state index in [-0.39, 0.29) is 12.1 Å². The summed E-state index contributed by atoms with van der Waals surface area (Å²) in [6.45, 7) is 5.35. The van der Waals surface area contributed by atoms with E-state index in [4.69, 9.17) is 14.2 Å². The fourth-order valence-corrected chi connectivity index (χ4v) is 4.56. The first kappa shape index (κ1) is 20.0. The normalized spacial score (nSPS) is 22.0. The number of hydrogen-bond acceptors (Lipinski definition) is 3. The Bertz CT molecular complexity index is 1120. The quantitative estimate of drug-likeness (QED) is 0.552. The molecule has 0 bridgehead atoms. The monoisotopic (exact) mass is 414 g/mol. The van der Waals surface area contributed by atoms with Crippen LogP contribution in [0.3, 0.4) is 0 Å². The first-order valence-electron chi connectivity index (χ1n) is 10.8. The molecular formula is C27H28NO3+. The van der Waals surface area contributed by atoms with Gasteiger partial charge in [0.2, 0.25) is 6.04 Å². The highest BCUT2D eigenvalue weighted by atomic mass is 16.7. The lowest BCUT2D eigenvalue weighted by Gasteiger charge is -2.39. The molecule has 1 fully saturated rings. The molecule has 0 amide bonds. The van der Waals surface area contributed by atoms with Gasteiger partial charge in [-0.2, -0.15) is 0 Å². The van der Waals surface area contributed by atoms with Crippen LogP contribution in [0.1, 0.15) is 36.6 Å². The molecule has 0 saturated carbocycles. The van der Waals surface area contributed by atoms with Crippen molar-refractivity contribution in [1.29, 1.82) is 0 Å². The lowest BCUT2D eigenvalue weighted by molar-refractivity contribution is -0.607. The molecule has 0 N–H and O–H groups in total. The maximum atomic E-state index is 6.49. The molecule has 158 valence electrons. The van der Waals surface area contributed by atoms with Crippen LogP contribution in [-0.2, 0) is 16.0 Å². The van der Waals surface area contributed by atoms with Crippen molar-refractivity contribution in [3.05, 3.63) is 89.5 Å². The van der Waals surface area contributed by atoms with Gasteiger partial charge in [0.15, 0.2) is 18.5 Å². The third-order valence-corrected chi connectivity index (χ3v) is 6.16. The Kier molecular flexibility index (Phi) is 5.12. The van der Waals surface area contributed by atoms with Crippen molar-refractivity contribution in [3.63, 3.8) is 0 Å². The van der Waals surface area contributed by atoms with Crippen molar-refractivity contribution in [1.82, 2.24) is 0 Å². The van der Waals surface area contributed by atoms with Crippen molar-refractivity contribution in [2.45, 2.75) is 38.3 Å². The van der Waals surface area contributed by atoms with Gasteiger partial charge in [-0.05, 0) is 48.7 Å². The Morgan fingerprint density at radius 2 is 1.61 bits per heavy atom. The fourth-order valence-electron chi connectivity index (χ4n) is 4.56. The second-order valence-electron chi connectivity index (χ2n) is 8.64. The minimum Gasteiger partial charge on any atom is -0.497 e. The number of methoxy groups -OCH3 is 1. The van der Waals surface area contributed by atoms with E-state index in [0.717, 1.165) is 17.9 Å². The number of nitrogens with zero attached hydrogens (tertiary/aromatic N) is 1. The molecule has 31 heavy (non-hydrogen) atoms. The van der Waals surface area contributed by atoms with Gasteiger partial charge in [-0.25, -0.2) is 4.58 Å². The van der Waals surface area contributed by atoms with Crippen LogP contribution in [-0.4, -0.2) is 36.3 Å². The van der Waals surface area contributed by atoms with Gasteiger partial charge >= 0.3 is 0 Å². The highest BCUT2D eigenvalue weighted by Gasteiger charge is 2.44. The van der Waals surface area contributed by atoms with E-state index in [2.05, 4.69) is 71.5 Å². The van der Waals surface area contributed by atoms with Crippen LogP contribution in [0.4, 0.5) is 0 Å². The third-order valence-electron chi connectivity index (χ3n) is 6.16. The van der Waals surface area contributed by atoms with Crippen molar-refractivity contribution >= 4 is 6.21 Å². The molecule has 0 aliphatic carbocycles. The highest BCUT2D eigenvalue weighted by Crippen LogP contribution is 2.37. The van der Waals surface area contributed by atoms with Gasteiger partial charge in [0, 0.05) is 11.1 Å². The van der Waals surface area contributed by atoms with E-state index in [1.54, 1.807) is 7.11 Å². The topological polar surface area (TPSA) is 30.7 Å². The van der Waals surface area contributed by atoms with Gasteiger partial charge in [0.1, 0.15) is 18.5 Å². The Morgan fingerprint density at radius 3 is 2.39 bits per heavy atom. The smallest absolute Gasteiger partial charge is 0.206 e. The molecule has 2 heterocycles. The number of hydrogen-bond donors (Lipinski definition) is 0. The van der Waals surface area contributed by atoms with Crippen LogP contribution in [0.15, 0.2) is 72.8 Å². The van der Waals surface area contributed by atoms with E-state index in [0.29, 0.717) is 6.61 Å². The second kappa shape index (κ2) is 7.95. The molecule has 2 aliphatic rings.